The van der Waals surface area contributed by atoms with Crippen LogP contribution in [0.25, 0.3) is 0 Å². The first kappa shape index (κ1) is 15.4. The molecule has 1 amide bonds. The minimum absolute atomic E-state index is 0.0480. The second-order valence-electron chi connectivity index (χ2n) is 5.99. The molecule has 0 unspecified atom stereocenters. The minimum Gasteiger partial charge on any atom is -0.390 e. The van der Waals surface area contributed by atoms with Crippen LogP contribution in [0.1, 0.15) is 46.0 Å². The van der Waals surface area contributed by atoms with Crippen LogP contribution in [0.3, 0.4) is 0 Å². The molecule has 1 aliphatic heterocycles. The monoisotopic (exact) mass is 256 g/mol. The number of aliphatic hydroxyl groups is 1. The molecule has 0 aromatic heterocycles. The number of carbonyl (C=O) groups excluding carboxylic acids is 1. The molecule has 1 heterocycles. The van der Waals surface area contributed by atoms with Gasteiger partial charge in [0.05, 0.1) is 5.60 Å². The Hall–Kier alpha value is -0.610. The van der Waals surface area contributed by atoms with E-state index in [1.807, 2.05) is 13.8 Å². The third kappa shape index (κ3) is 5.83. The molecule has 0 aliphatic carbocycles. The van der Waals surface area contributed by atoms with Gasteiger partial charge in [-0.25, -0.2) is 0 Å². The maximum Gasteiger partial charge on any atom is 0.222 e. The van der Waals surface area contributed by atoms with E-state index in [-0.39, 0.29) is 11.8 Å². The molecule has 0 spiro atoms. The number of amides is 1. The molecule has 0 aromatic rings. The summed E-state index contributed by atoms with van der Waals surface area (Å²) in [6.45, 7) is 6.45. The van der Waals surface area contributed by atoms with E-state index >= 15 is 0 Å². The molecule has 2 N–H and O–H groups in total. The standard InChI is InChI=1S/C14H28N2O2/c1-12-6-4-7-14(2,18)8-5-10-16(3)11-9-15-13(12)17/h12,18H,4-11H2,1-3H3,(H,15,17)/t12-,14+/m1/s1. The van der Waals surface area contributed by atoms with Crippen LogP contribution in [0.2, 0.25) is 0 Å². The van der Waals surface area contributed by atoms with Gasteiger partial charge in [0.2, 0.25) is 5.91 Å². The molecule has 1 saturated heterocycles. The normalized spacial score (nSPS) is 34.0. The molecule has 4 heteroatoms. The Morgan fingerprint density at radius 2 is 2.00 bits per heavy atom. The molecule has 0 aromatic carbocycles. The highest BCUT2D eigenvalue weighted by Crippen LogP contribution is 2.21. The highest BCUT2D eigenvalue weighted by molar-refractivity contribution is 5.78. The van der Waals surface area contributed by atoms with Crippen molar-refractivity contribution >= 4 is 5.91 Å². The third-order valence-corrected chi connectivity index (χ3v) is 3.85. The van der Waals surface area contributed by atoms with Gasteiger partial charge in [-0.3, -0.25) is 4.79 Å². The van der Waals surface area contributed by atoms with E-state index in [0.29, 0.717) is 0 Å². The van der Waals surface area contributed by atoms with Crippen molar-refractivity contribution in [1.29, 1.82) is 0 Å². The van der Waals surface area contributed by atoms with Gasteiger partial charge in [-0.15, -0.1) is 0 Å². The topological polar surface area (TPSA) is 52.6 Å². The van der Waals surface area contributed by atoms with Gasteiger partial charge in [0.25, 0.3) is 0 Å². The van der Waals surface area contributed by atoms with E-state index < -0.39 is 5.60 Å². The molecule has 4 nitrogen and oxygen atoms in total. The number of carbonyl (C=O) groups is 1. The summed E-state index contributed by atoms with van der Waals surface area (Å²) >= 11 is 0. The highest BCUT2D eigenvalue weighted by atomic mass is 16.3. The Bertz CT molecular complexity index is 267. The van der Waals surface area contributed by atoms with Gasteiger partial charge in [-0.05, 0) is 52.6 Å². The second kappa shape index (κ2) is 7.10. The predicted molar refractivity (Wildman–Crippen MR) is 73.4 cm³/mol. The quantitative estimate of drug-likeness (QED) is 0.688. The van der Waals surface area contributed by atoms with Gasteiger partial charge >= 0.3 is 0 Å². The number of nitrogens with zero attached hydrogens (tertiary/aromatic N) is 1. The first-order valence-electron chi connectivity index (χ1n) is 7.09. The zero-order chi connectivity index (χ0) is 13.6. The fraction of sp³-hybridized carbons (Fsp3) is 0.929. The zero-order valence-electron chi connectivity index (χ0n) is 12.0. The molecule has 1 aliphatic rings. The molecule has 0 saturated carbocycles. The van der Waals surface area contributed by atoms with E-state index in [0.717, 1.165) is 51.7 Å². The fourth-order valence-electron chi connectivity index (χ4n) is 2.43. The number of nitrogens with one attached hydrogen (secondary N) is 1. The van der Waals surface area contributed by atoms with Crippen molar-refractivity contribution in [2.45, 2.75) is 51.6 Å². The van der Waals surface area contributed by atoms with E-state index in [1.54, 1.807) is 0 Å². The van der Waals surface area contributed by atoms with Crippen LogP contribution in [0.15, 0.2) is 0 Å². The zero-order valence-corrected chi connectivity index (χ0v) is 12.0. The molecule has 0 bridgehead atoms. The summed E-state index contributed by atoms with van der Waals surface area (Å²) in [4.78, 5) is 14.0. The largest absolute Gasteiger partial charge is 0.390 e. The summed E-state index contributed by atoms with van der Waals surface area (Å²) in [5.41, 5.74) is -0.578. The molecule has 106 valence electrons. The Morgan fingerprint density at radius 1 is 1.33 bits per heavy atom. The van der Waals surface area contributed by atoms with Gasteiger partial charge in [0.1, 0.15) is 0 Å². The van der Waals surface area contributed by atoms with Gasteiger partial charge in [-0.2, -0.15) is 0 Å². The number of hydrogen-bond donors (Lipinski definition) is 2. The maximum atomic E-state index is 11.8. The summed E-state index contributed by atoms with van der Waals surface area (Å²) < 4.78 is 0. The van der Waals surface area contributed by atoms with Crippen molar-refractivity contribution in [1.82, 2.24) is 10.2 Å². The summed E-state index contributed by atoms with van der Waals surface area (Å²) in [6, 6.07) is 0. The number of likely N-dealkylation sites (N-methyl/N-ethyl adjacent to an activating group) is 1. The van der Waals surface area contributed by atoms with Gasteiger partial charge in [-0.1, -0.05) is 6.92 Å². The van der Waals surface area contributed by atoms with Crippen molar-refractivity contribution in [3.05, 3.63) is 0 Å². The number of hydrogen-bond acceptors (Lipinski definition) is 3. The van der Waals surface area contributed by atoms with E-state index in [9.17, 15) is 9.90 Å². The highest BCUT2D eigenvalue weighted by Gasteiger charge is 2.21. The van der Waals surface area contributed by atoms with Gasteiger partial charge in [0.15, 0.2) is 0 Å². The molecule has 1 fully saturated rings. The maximum absolute atomic E-state index is 11.8. The Kier molecular flexibility index (Phi) is 6.09. The molecule has 1 rings (SSSR count). The smallest absolute Gasteiger partial charge is 0.222 e. The van der Waals surface area contributed by atoms with Crippen molar-refractivity contribution in [2.24, 2.45) is 5.92 Å². The average Bonchev–Trinajstić information content (AvgIpc) is 2.27. The third-order valence-electron chi connectivity index (χ3n) is 3.85. The van der Waals surface area contributed by atoms with Crippen LogP contribution in [0.5, 0.6) is 0 Å². The van der Waals surface area contributed by atoms with Crippen molar-refractivity contribution in [2.75, 3.05) is 26.7 Å². The van der Waals surface area contributed by atoms with Crippen LogP contribution in [-0.2, 0) is 4.79 Å². The second-order valence-corrected chi connectivity index (χ2v) is 5.99. The predicted octanol–water partition coefficient (Wildman–Crippen LogP) is 1.39. The van der Waals surface area contributed by atoms with Crippen molar-refractivity contribution < 1.29 is 9.90 Å². The molecular weight excluding hydrogens is 228 g/mol. The van der Waals surface area contributed by atoms with Crippen LogP contribution >= 0.6 is 0 Å². The minimum atomic E-state index is -0.578. The summed E-state index contributed by atoms with van der Waals surface area (Å²) in [5.74, 6) is 0.189. The van der Waals surface area contributed by atoms with E-state index in [1.165, 1.54) is 0 Å². The summed E-state index contributed by atoms with van der Waals surface area (Å²) in [6.07, 6.45) is 4.41. The molecular formula is C14H28N2O2. The van der Waals surface area contributed by atoms with Crippen LogP contribution in [0, 0.1) is 5.92 Å². The summed E-state index contributed by atoms with van der Waals surface area (Å²) in [5, 5.41) is 13.2. The van der Waals surface area contributed by atoms with Crippen molar-refractivity contribution in [3.63, 3.8) is 0 Å². The Morgan fingerprint density at radius 3 is 2.72 bits per heavy atom. The number of rotatable bonds is 0. The summed E-state index contributed by atoms with van der Waals surface area (Å²) in [7, 11) is 2.06. The van der Waals surface area contributed by atoms with E-state index in [2.05, 4.69) is 17.3 Å². The lowest BCUT2D eigenvalue weighted by atomic mass is 9.91. The van der Waals surface area contributed by atoms with Crippen LogP contribution in [0.4, 0.5) is 0 Å². The lowest BCUT2D eigenvalue weighted by Gasteiger charge is -2.24. The molecule has 18 heavy (non-hydrogen) atoms. The lowest BCUT2D eigenvalue weighted by molar-refractivity contribution is -0.124. The molecule has 0 radical (unpaired) electrons. The van der Waals surface area contributed by atoms with Crippen LogP contribution < -0.4 is 5.32 Å². The fourth-order valence-corrected chi connectivity index (χ4v) is 2.43. The first-order chi connectivity index (χ1) is 8.41. The lowest BCUT2D eigenvalue weighted by Crippen LogP contribution is -2.36. The van der Waals surface area contributed by atoms with Gasteiger partial charge < -0.3 is 15.3 Å². The van der Waals surface area contributed by atoms with E-state index in [4.69, 9.17) is 0 Å². The van der Waals surface area contributed by atoms with Crippen molar-refractivity contribution in [3.8, 4) is 0 Å². The molecule has 2 atom stereocenters. The van der Waals surface area contributed by atoms with Gasteiger partial charge in [0, 0.05) is 19.0 Å². The SMILES string of the molecule is C[C@@H]1CCC[C@](C)(O)CCCN(C)CCNC1=O. The Balaban J connectivity index is 2.53. The first-order valence-corrected chi connectivity index (χ1v) is 7.09. The Labute approximate surface area is 111 Å². The average molecular weight is 256 g/mol. The van der Waals surface area contributed by atoms with Crippen LogP contribution in [-0.4, -0.2) is 48.2 Å².